The van der Waals surface area contributed by atoms with Crippen molar-refractivity contribution in [1.29, 1.82) is 0 Å². The zero-order chi connectivity index (χ0) is 30.6. The van der Waals surface area contributed by atoms with Gasteiger partial charge in [-0.3, -0.25) is 14.1 Å². The van der Waals surface area contributed by atoms with Gasteiger partial charge in [0.15, 0.2) is 6.10 Å². The molecule has 0 aliphatic rings. The standard InChI is InChI=1S/C31H53O9P/c1-3-5-6-16-21-25-31(34)40-29(27-39-41(35,36)37)26-38-30(33)24-20-18-15-13-11-9-7-8-10-12-14-17-19-23-28(32)22-4-2/h7,9-10,12-13,15,17,19,28-29,32H,3-6,8,11,14,16,18,20-27H2,1-2H3,(H2,35,36,37)/b9-7-,12-10-,15-13-,19-17-/t28?,29-/m1/s1. The lowest BCUT2D eigenvalue weighted by molar-refractivity contribution is -0.161. The van der Waals surface area contributed by atoms with E-state index in [4.69, 9.17) is 19.3 Å². The minimum absolute atomic E-state index is 0.175. The van der Waals surface area contributed by atoms with E-state index in [0.29, 0.717) is 25.7 Å². The highest BCUT2D eigenvalue weighted by Gasteiger charge is 2.22. The van der Waals surface area contributed by atoms with Crippen molar-refractivity contribution >= 4 is 19.8 Å². The van der Waals surface area contributed by atoms with Crippen LogP contribution in [0.5, 0.6) is 0 Å². The number of carbonyl (C=O) groups excluding carboxylic acids is 2. The van der Waals surface area contributed by atoms with Crippen molar-refractivity contribution in [3.05, 3.63) is 48.6 Å². The lowest BCUT2D eigenvalue weighted by Gasteiger charge is -2.18. The van der Waals surface area contributed by atoms with Gasteiger partial charge in [-0.1, -0.05) is 94.6 Å². The Morgan fingerprint density at radius 3 is 1.93 bits per heavy atom. The third kappa shape index (κ3) is 29.3. The molecule has 0 aromatic rings. The van der Waals surface area contributed by atoms with Gasteiger partial charge in [-0.2, -0.15) is 0 Å². The summed E-state index contributed by atoms with van der Waals surface area (Å²) < 4.78 is 25.9. The van der Waals surface area contributed by atoms with Crippen molar-refractivity contribution in [1.82, 2.24) is 0 Å². The van der Waals surface area contributed by atoms with Crippen LogP contribution in [0.2, 0.25) is 0 Å². The summed E-state index contributed by atoms with van der Waals surface area (Å²) in [4.78, 5) is 42.0. The van der Waals surface area contributed by atoms with Crippen molar-refractivity contribution in [3.8, 4) is 0 Å². The fourth-order valence-electron chi connectivity index (χ4n) is 3.67. The molecule has 0 heterocycles. The molecule has 0 rings (SSSR count). The number of aliphatic hydroxyl groups excluding tert-OH is 1. The molecule has 0 saturated heterocycles. The minimum Gasteiger partial charge on any atom is -0.462 e. The van der Waals surface area contributed by atoms with Crippen LogP contribution in [-0.2, 0) is 28.2 Å². The van der Waals surface area contributed by atoms with Crippen LogP contribution in [0.25, 0.3) is 0 Å². The van der Waals surface area contributed by atoms with Gasteiger partial charge in [-0.05, 0) is 51.4 Å². The fraction of sp³-hybridized carbons (Fsp3) is 0.677. The summed E-state index contributed by atoms with van der Waals surface area (Å²) >= 11 is 0. The molecule has 0 spiro atoms. The van der Waals surface area contributed by atoms with Gasteiger partial charge in [-0.25, -0.2) is 4.57 Å². The number of carbonyl (C=O) groups is 2. The fourth-order valence-corrected chi connectivity index (χ4v) is 4.03. The Morgan fingerprint density at radius 1 is 0.732 bits per heavy atom. The number of phosphoric acid groups is 1. The van der Waals surface area contributed by atoms with E-state index in [1.165, 1.54) is 0 Å². The van der Waals surface area contributed by atoms with E-state index in [2.05, 4.69) is 48.8 Å². The maximum absolute atomic E-state index is 12.1. The zero-order valence-corrected chi connectivity index (χ0v) is 25.9. The van der Waals surface area contributed by atoms with Crippen LogP contribution in [-0.4, -0.2) is 52.3 Å². The Bertz CT molecular complexity index is 829. The largest absolute Gasteiger partial charge is 0.469 e. The van der Waals surface area contributed by atoms with E-state index < -0.39 is 32.5 Å². The molecule has 0 aromatic heterocycles. The summed E-state index contributed by atoms with van der Waals surface area (Å²) in [6.07, 6.45) is 26.7. The van der Waals surface area contributed by atoms with Crippen molar-refractivity contribution in [2.45, 2.75) is 122 Å². The first-order valence-corrected chi connectivity index (χ1v) is 16.5. The number of rotatable bonds is 26. The molecule has 2 atom stereocenters. The molecule has 0 saturated carbocycles. The van der Waals surface area contributed by atoms with E-state index in [0.717, 1.165) is 57.8 Å². The Hall–Kier alpha value is -2.03. The van der Waals surface area contributed by atoms with E-state index in [-0.39, 0.29) is 25.6 Å². The minimum atomic E-state index is -4.75. The molecular weight excluding hydrogens is 547 g/mol. The summed E-state index contributed by atoms with van der Waals surface area (Å²) in [5, 5.41) is 9.66. The summed E-state index contributed by atoms with van der Waals surface area (Å²) in [5.41, 5.74) is 0. The summed E-state index contributed by atoms with van der Waals surface area (Å²) in [7, 11) is -4.75. The number of unbranched alkanes of at least 4 members (excludes halogenated alkanes) is 5. The van der Waals surface area contributed by atoms with Crippen LogP contribution in [0, 0.1) is 0 Å². The highest BCUT2D eigenvalue weighted by Crippen LogP contribution is 2.35. The second-order valence-corrected chi connectivity index (χ2v) is 11.1. The van der Waals surface area contributed by atoms with Gasteiger partial charge >= 0.3 is 19.8 Å². The molecule has 0 fully saturated rings. The highest BCUT2D eigenvalue weighted by atomic mass is 31.2. The number of allylic oxidation sites excluding steroid dienone is 7. The summed E-state index contributed by atoms with van der Waals surface area (Å²) in [5.74, 6) is -0.993. The second kappa shape index (κ2) is 26.8. The smallest absolute Gasteiger partial charge is 0.462 e. The molecular formula is C31H53O9P. The molecule has 0 amide bonds. The predicted octanol–water partition coefficient (Wildman–Crippen LogP) is 7.03. The first-order chi connectivity index (χ1) is 19.7. The van der Waals surface area contributed by atoms with E-state index in [1.807, 2.05) is 18.2 Å². The molecule has 9 nitrogen and oxygen atoms in total. The predicted molar refractivity (Wildman–Crippen MR) is 162 cm³/mol. The van der Waals surface area contributed by atoms with Crippen molar-refractivity contribution in [2.24, 2.45) is 0 Å². The topological polar surface area (TPSA) is 140 Å². The van der Waals surface area contributed by atoms with Gasteiger partial charge < -0.3 is 24.4 Å². The van der Waals surface area contributed by atoms with Gasteiger partial charge in [0.1, 0.15) is 6.61 Å². The van der Waals surface area contributed by atoms with Crippen LogP contribution >= 0.6 is 7.82 Å². The maximum atomic E-state index is 12.1. The van der Waals surface area contributed by atoms with Gasteiger partial charge in [0, 0.05) is 12.8 Å². The van der Waals surface area contributed by atoms with Crippen LogP contribution in [0.15, 0.2) is 48.6 Å². The molecule has 236 valence electrons. The SMILES string of the molecule is CCCCCCCC(=O)O[C@H](COC(=O)CCC/C=C\C/C=C\C/C=C\C/C=C\CC(O)CCC)COP(=O)(O)O. The van der Waals surface area contributed by atoms with E-state index >= 15 is 0 Å². The summed E-state index contributed by atoms with van der Waals surface area (Å²) in [6.45, 7) is 3.28. The van der Waals surface area contributed by atoms with Crippen molar-refractivity contribution < 1.29 is 43.0 Å². The number of hydrogen-bond acceptors (Lipinski definition) is 7. The number of hydrogen-bond donors (Lipinski definition) is 3. The average molecular weight is 601 g/mol. The molecule has 0 aromatic carbocycles. The quantitative estimate of drug-likeness (QED) is 0.0413. The van der Waals surface area contributed by atoms with Crippen LogP contribution < -0.4 is 0 Å². The number of ether oxygens (including phenoxy) is 2. The second-order valence-electron chi connectivity index (χ2n) is 9.91. The van der Waals surface area contributed by atoms with E-state index in [9.17, 15) is 19.3 Å². The average Bonchev–Trinajstić information content (AvgIpc) is 2.91. The molecule has 41 heavy (non-hydrogen) atoms. The van der Waals surface area contributed by atoms with Crippen molar-refractivity contribution in [2.75, 3.05) is 13.2 Å². The molecule has 0 bridgehead atoms. The van der Waals surface area contributed by atoms with Crippen LogP contribution in [0.1, 0.15) is 110 Å². The van der Waals surface area contributed by atoms with Gasteiger partial charge in [0.2, 0.25) is 0 Å². The first kappa shape index (κ1) is 39.0. The number of esters is 2. The Labute approximate surface area is 247 Å². The lowest BCUT2D eigenvalue weighted by Crippen LogP contribution is -2.29. The molecule has 3 N–H and O–H groups in total. The van der Waals surface area contributed by atoms with E-state index in [1.54, 1.807) is 0 Å². The van der Waals surface area contributed by atoms with Gasteiger partial charge in [-0.15, -0.1) is 0 Å². The monoisotopic (exact) mass is 600 g/mol. The molecule has 0 radical (unpaired) electrons. The number of aliphatic hydroxyl groups is 1. The molecule has 0 aliphatic carbocycles. The van der Waals surface area contributed by atoms with Gasteiger partial charge in [0.25, 0.3) is 0 Å². The lowest BCUT2D eigenvalue weighted by atomic mass is 10.1. The highest BCUT2D eigenvalue weighted by molar-refractivity contribution is 7.46. The van der Waals surface area contributed by atoms with Gasteiger partial charge in [0.05, 0.1) is 12.7 Å². The maximum Gasteiger partial charge on any atom is 0.469 e. The Balaban J connectivity index is 4.11. The Morgan fingerprint density at radius 2 is 1.32 bits per heavy atom. The zero-order valence-electron chi connectivity index (χ0n) is 25.0. The third-order valence-corrected chi connectivity index (χ3v) is 6.39. The molecule has 0 aliphatic heterocycles. The Kier molecular flexibility index (Phi) is 25.5. The normalized spacial score (nSPS) is 14.0. The van der Waals surface area contributed by atoms with Crippen LogP contribution in [0.4, 0.5) is 0 Å². The van der Waals surface area contributed by atoms with Crippen LogP contribution in [0.3, 0.4) is 0 Å². The molecule has 1 unspecified atom stereocenters. The number of phosphoric ester groups is 1. The molecule has 10 heteroatoms. The summed E-state index contributed by atoms with van der Waals surface area (Å²) in [6, 6.07) is 0. The van der Waals surface area contributed by atoms with Crippen molar-refractivity contribution in [3.63, 3.8) is 0 Å². The third-order valence-electron chi connectivity index (χ3n) is 5.91. The first-order valence-electron chi connectivity index (χ1n) is 15.0.